The molecular formula is C11H14N6O3. The summed E-state index contributed by atoms with van der Waals surface area (Å²) in [6.45, 7) is 4.99. The summed E-state index contributed by atoms with van der Waals surface area (Å²) in [5, 5.41) is 25.5. The van der Waals surface area contributed by atoms with Crippen LogP contribution in [0, 0.1) is 20.8 Å². The summed E-state index contributed by atoms with van der Waals surface area (Å²) in [7, 11) is 0. The van der Waals surface area contributed by atoms with Crippen LogP contribution in [0.1, 0.15) is 27.6 Å². The van der Waals surface area contributed by atoms with Crippen molar-refractivity contribution in [3.8, 4) is 0 Å². The van der Waals surface area contributed by atoms with Crippen molar-refractivity contribution in [1.29, 1.82) is 0 Å². The van der Waals surface area contributed by atoms with Gasteiger partial charge in [0.1, 0.15) is 6.54 Å². The number of aromatic carboxylic acids is 1. The van der Waals surface area contributed by atoms with Gasteiger partial charge in [-0.1, -0.05) is 5.21 Å². The van der Waals surface area contributed by atoms with Crippen LogP contribution < -0.4 is 5.32 Å². The van der Waals surface area contributed by atoms with Crippen LogP contribution in [0.4, 0.5) is 5.69 Å². The van der Waals surface area contributed by atoms with Crippen LogP contribution in [0.2, 0.25) is 0 Å². The largest absolute Gasteiger partial charge is 0.476 e. The Kier molecular flexibility index (Phi) is 3.51. The number of aromatic nitrogens is 5. The number of nitrogens with zero attached hydrogens (tertiary/aromatic N) is 4. The average molecular weight is 278 g/mol. The van der Waals surface area contributed by atoms with Gasteiger partial charge in [0.05, 0.1) is 22.8 Å². The molecule has 0 spiro atoms. The highest BCUT2D eigenvalue weighted by Gasteiger charge is 2.17. The van der Waals surface area contributed by atoms with Gasteiger partial charge < -0.3 is 10.4 Å². The molecule has 0 saturated heterocycles. The molecule has 0 saturated carbocycles. The van der Waals surface area contributed by atoms with Gasteiger partial charge in [-0.15, -0.1) is 5.10 Å². The Labute approximate surface area is 114 Å². The van der Waals surface area contributed by atoms with E-state index in [-0.39, 0.29) is 18.1 Å². The third kappa shape index (κ3) is 2.51. The Morgan fingerprint density at radius 3 is 2.55 bits per heavy atom. The van der Waals surface area contributed by atoms with Gasteiger partial charge in [-0.05, 0) is 20.8 Å². The van der Waals surface area contributed by atoms with Crippen LogP contribution in [0.3, 0.4) is 0 Å². The van der Waals surface area contributed by atoms with Gasteiger partial charge in [0, 0.05) is 0 Å². The van der Waals surface area contributed by atoms with E-state index in [2.05, 4.69) is 25.8 Å². The summed E-state index contributed by atoms with van der Waals surface area (Å²) in [5.41, 5.74) is 2.21. The van der Waals surface area contributed by atoms with Crippen molar-refractivity contribution in [2.24, 2.45) is 0 Å². The lowest BCUT2D eigenvalue weighted by atomic mass is 10.3. The van der Waals surface area contributed by atoms with Crippen molar-refractivity contribution in [3.05, 3.63) is 22.8 Å². The second kappa shape index (κ2) is 5.11. The summed E-state index contributed by atoms with van der Waals surface area (Å²) in [4.78, 5) is 22.8. The molecule has 0 aromatic carbocycles. The lowest BCUT2D eigenvalue weighted by Crippen LogP contribution is -2.21. The molecule has 0 unspecified atom stereocenters. The number of carboxylic acid groups (broad SMARTS) is 1. The van der Waals surface area contributed by atoms with Gasteiger partial charge in [0.2, 0.25) is 5.91 Å². The van der Waals surface area contributed by atoms with Gasteiger partial charge in [0.15, 0.2) is 5.69 Å². The molecule has 20 heavy (non-hydrogen) atoms. The second-order valence-electron chi connectivity index (χ2n) is 4.34. The fourth-order valence-corrected chi connectivity index (χ4v) is 1.76. The van der Waals surface area contributed by atoms with Crippen LogP contribution in [-0.2, 0) is 11.3 Å². The first kappa shape index (κ1) is 13.7. The van der Waals surface area contributed by atoms with E-state index in [1.807, 2.05) is 0 Å². The maximum absolute atomic E-state index is 11.9. The monoisotopic (exact) mass is 278 g/mol. The first-order chi connectivity index (χ1) is 9.40. The van der Waals surface area contributed by atoms with Crippen molar-refractivity contribution >= 4 is 17.6 Å². The van der Waals surface area contributed by atoms with E-state index in [0.29, 0.717) is 17.1 Å². The van der Waals surface area contributed by atoms with Gasteiger partial charge in [-0.25, -0.2) is 9.48 Å². The van der Waals surface area contributed by atoms with Crippen LogP contribution in [0.15, 0.2) is 0 Å². The molecule has 2 heterocycles. The lowest BCUT2D eigenvalue weighted by Gasteiger charge is -2.06. The molecule has 9 nitrogen and oxygen atoms in total. The summed E-state index contributed by atoms with van der Waals surface area (Å²) >= 11 is 0. The SMILES string of the molecule is Cc1n[nH]c(C)c1NC(=O)Cn1nnc(C(=O)O)c1C. The third-order valence-electron chi connectivity index (χ3n) is 2.87. The number of carboxylic acids is 1. The Bertz CT molecular complexity index is 652. The number of carbonyl (C=O) groups is 2. The molecule has 2 aromatic rings. The molecule has 0 aliphatic carbocycles. The number of hydrogen-bond donors (Lipinski definition) is 3. The highest BCUT2D eigenvalue weighted by molar-refractivity contribution is 5.92. The van der Waals surface area contributed by atoms with Crippen molar-refractivity contribution < 1.29 is 14.7 Å². The quantitative estimate of drug-likeness (QED) is 0.736. The number of rotatable bonds is 4. The highest BCUT2D eigenvalue weighted by Crippen LogP contribution is 2.16. The van der Waals surface area contributed by atoms with Crippen molar-refractivity contribution in [1.82, 2.24) is 25.2 Å². The molecule has 0 aliphatic heterocycles. The zero-order chi connectivity index (χ0) is 14.9. The molecule has 2 rings (SSSR count). The van der Waals surface area contributed by atoms with Crippen molar-refractivity contribution in [2.75, 3.05) is 5.32 Å². The van der Waals surface area contributed by atoms with Crippen LogP contribution >= 0.6 is 0 Å². The van der Waals surface area contributed by atoms with E-state index < -0.39 is 5.97 Å². The maximum atomic E-state index is 11.9. The summed E-state index contributed by atoms with van der Waals surface area (Å²) in [6.07, 6.45) is 0. The minimum absolute atomic E-state index is 0.115. The highest BCUT2D eigenvalue weighted by atomic mass is 16.4. The molecule has 106 valence electrons. The normalized spacial score (nSPS) is 10.6. The molecule has 9 heteroatoms. The minimum atomic E-state index is -1.17. The number of aryl methyl sites for hydroxylation is 2. The van der Waals surface area contributed by atoms with Crippen LogP contribution in [0.5, 0.6) is 0 Å². The zero-order valence-electron chi connectivity index (χ0n) is 11.3. The van der Waals surface area contributed by atoms with E-state index in [0.717, 1.165) is 5.69 Å². The maximum Gasteiger partial charge on any atom is 0.358 e. The lowest BCUT2D eigenvalue weighted by molar-refractivity contribution is -0.117. The standard InChI is InChI=1S/C11H14N6O3/c1-5-9(6(2)14-13-5)12-8(18)4-17-7(3)10(11(19)20)15-16-17/h4H2,1-3H3,(H,12,18)(H,13,14)(H,19,20). The topological polar surface area (TPSA) is 126 Å². The number of hydrogen-bond acceptors (Lipinski definition) is 5. The number of H-pyrrole nitrogens is 1. The minimum Gasteiger partial charge on any atom is -0.476 e. The number of carbonyl (C=O) groups excluding carboxylic acids is 1. The number of aromatic amines is 1. The molecule has 0 aliphatic rings. The first-order valence-corrected chi connectivity index (χ1v) is 5.85. The van der Waals surface area contributed by atoms with E-state index in [4.69, 9.17) is 5.11 Å². The van der Waals surface area contributed by atoms with Gasteiger partial charge in [0.25, 0.3) is 0 Å². The molecule has 2 aromatic heterocycles. The van der Waals surface area contributed by atoms with Gasteiger partial charge in [-0.3, -0.25) is 9.89 Å². The van der Waals surface area contributed by atoms with E-state index in [1.54, 1.807) is 20.8 Å². The Hall–Kier alpha value is -2.71. The summed E-state index contributed by atoms with van der Waals surface area (Å²) < 4.78 is 1.24. The second-order valence-corrected chi connectivity index (χ2v) is 4.34. The predicted octanol–water partition coefficient (Wildman–Crippen LogP) is 0.263. The Balaban J connectivity index is 2.11. The Morgan fingerprint density at radius 2 is 2.05 bits per heavy atom. The van der Waals surface area contributed by atoms with Gasteiger partial charge in [-0.2, -0.15) is 5.10 Å². The predicted molar refractivity (Wildman–Crippen MR) is 68.4 cm³/mol. The molecule has 0 fully saturated rings. The molecule has 3 N–H and O–H groups in total. The van der Waals surface area contributed by atoms with E-state index >= 15 is 0 Å². The van der Waals surface area contributed by atoms with Crippen LogP contribution in [0.25, 0.3) is 0 Å². The Morgan fingerprint density at radius 1 is 1.35 bits per heavy atom. The number of anilines is 1. The fourth-order valence-electron chi connectivity index (χ4n) is 1.76. The fraction of sp³-hybridized carbons (Fsp3) is 0.364. The molecule has 0 atom stereocenters. The van der Waals surface area contributed by atoms with Crippen molar-refractivity contribution in [3.63, 3.8) is 0 Å². The van der Waals surface area contributed by atoms with Crippen LogP contribution in [-0.4, -0.2) is 42.2 Å². The zero-order valence-corrected chi connectivity index (χ0v) is 11.3. The number of amides is 1. The number of nitrogens with one attached hydrogen (secondary N) is 2. The molecule has 1 amide bonds. The summed E-state index contributed by atoms with van der Waals surface area (Å²) in [6, 6.07) is 0. The average Bonchev–Trinajstić information content (AvgIpc) is 2.88. The smallest absolute Gasteiger partial charge is 0.358 e. The van der Waals surface area contributed by atoms with E-state index in [9.17, 15) is 9.59 Å². The van der Waals surface area contributed by atoms with Gasteiger partial charge >= 0.3 is 5.97 Å². The first-order valence-electron chi connectivity index (χ1n) is 5.85. The molecular weight excluding hydrogens is 264 g/mol. The molecule has 0 bridgehead atoms. The molecule has 0 radical (unpaired) electrons. The van der Waals surface area contributed by atoms with E-state index in [1.165, 1.54) is 4.68 Å². The van der Waals surface area contributed by atoms with Crippen molar-refractivity contribution in [2.45, 2.75) is 27.3 Å². The summed E-state index contributed by atoms with van der Waals surface area (Å²) in [5.74, 6) is -1.50. The third-order valence-corrected chi connectivity index (χ3v) is 2.87.